The molecular weight excluding hydrogens is 70.1 g/mol. The van der Waals surface area contributed by atoms with Crippen LogP contribution in [0.5, 0.6) is 0 Å². The summed E-state index contributed by atoms with van der Waals surface area (Å²) >= 11 is 0. The molecule has 0 saturated heterocycles. The second-order valence-corrected chi connectivity index (χ2v) is 0.862. The lowest BCUT2D eigenvalue weighted by molar-refractivity contribution is 0.683. The highest BCUT2D eigenvalue weighted by Crippen LogP contribution is 1.05. The van der Waals surface area contributed by atoms with Gasteiger partial charge in [-0.1, -0.05) is 0 Å². The molecule has 4 heavy (non-hydrogen) atoms. The van der Waals surface area contributed by atoms with Crippen LogP contribution in [0.4, 0.5) is 0 Å². The van der Waals surface area contributed by atoms with E-state index in [0.717, 1.165) is 10.4 Å². The molecule has 0 bridgehead atoms. The van der Waals surface area contributed by atoms with Crippen molar-refractivity contribution in [3.63, 3.8) is 0 Å². The van der Waals surface area contributed by atoms with Crippen LogP contribution >= 0.6 is 0 Å². The molecule has 3 heteroatoms. The second-order valence-electron chi connectivity index (χ2n) is 0.362. The van der Waals surface area contributed by atoms with Gasteiger partial charge in [-0.15, -0.1) is 0 Å². The zero-order valence-electron chi connectivity index (χ0n) is 2.45. The fraction of sp³-hybridized carbons (Fsp3) is 0. The monoisotopic (exact) mass is 75.0 g/mol. The zero-order valence-corrected chi connectivity index (χ0v) is 4.45. The van der Waals surface area contributed by atoms with Crippen molar-refractivity contribution < 1.29 is 4.79 Å². The van der Waals surface area contributed by atoms with E-state index in [4.69, 9.17) is 4.79 Å². The first-order valence-electron chi connectivity index (χ1n) is 0.974. The first kappa shape index (κ1) is 3.69. The maximum absolute atomic E-state index is 7.55. The lowest BCUT2D eigenvalue weighted by atomic mass is 11.5. The average molecular weight is 75.1 g/mol. The van der Waals surface area contributed by atoms with Crippen LogP contribution in [-0.2, 0) is 0 Å². The normalized spacial score (nSPS) is 6.00. The summed E-state index contributed by atoms with van der Waals surface area (Å²) in [5.41, 5.74) is 0. The van der Waals surface area contributed by atoms with Crippen molar-refractivity contribution in [2.45, 2.75) is 0 Å². The minimum atomic E-state index is 0.779. The molecule has 0 saturated carbocycles. The van der Waals surface area contributed by atoms with Gasteiger partial charge >= 0.3 is 0 Å². The fourth-order valence-corrected chi connectivity index (χ4v) is 0. The summed E-state index contributed by atoms with van der Waals surface area (Å²) in [5, 5.41) is 0. The molecule has 0 aromatic carbocycles. The van der Waals surface area contributed by atoms with Gasteiger partial charge in [0.2, 0.25) is 0 Å². The quantitative estimate of drug-likeness (QED) is 0.160. The minimum absolute atomic E-state index is 0.779. The number of hydrogen-bond donors (Lipinski definition) is 1. The molecule has 2 nitrogen and oxygen atoms in total. The van der Waals surface area contributed by atoms with E-state index in [1.165, 1.54) is 0 Å². The zero-order chi connectivity index (χ0) is 3.41. The van der Waals surface area contributed by atoms with Crippen LogP contribution in [0, 0.1) is 0 Å². The Balaban J connectivity index is 2.30. The van der Waals surface area contributed by atoms with E-state index in [2.05, 4.69) is 4.98 Å². The Bertz CT molecular complexity index is 22.0. The first-order chi connectivity index (χ1) is 1.91. The molecule has 0 aliphatic carbocycles. The van der Waals surface area contributed by atoms with E-state index in [1.807, 2.05) is 0 Å². The number of nitrogens with one attached hydrogen (secondary N) is 1. The SMILES string of the molecule is [OH+]=[C-]N[SiH3]. The number of carbonyl (C=O) groups excluding carboxylic acids is 1. The van der Waals surface area contributed by atoms with Crippen LogP contribution in [0.15, 0.2) is 0 Å². The third-order valence-corrected chi connectivity index (χ3v) is 0.335. The molecule has 1 amide bonds. The van der Waals surface area contributed by atoms with Gasteiger partial charge in [0, 0.05) is 0 Å². The third-order valence-electron chi connectivity index (χ3n) is 0.112. The molecule has 0 unspecified atom stereocenters. The van der Waals surface area contributed by atoms with E-state index in [-0.39, 0.29) is 0 Å². The molecule has 0 rings (SSSR count). The summed E-state index contributed by atoms with van der Waals surface area (Å²) in [5.74, 6) is 0. The van der Waals surface area contributed by atoms with Crippen LogP contribution in [-0.4, -0.2) is 21.6 Å². The van der Waals surface area contributed by atoms with Gasteiger partial charge in [-0.25, -0.2) is 0 Å². The summed E-state index contributed by atoms with van der Waals surface area (Å²) in [6, 6.07) is 0. The molecule has 24 valence electrons. The summed E-state index contributed by atoms with van der Waals surface area (Å²) < 4.78 is 0. The lowest BCUT2D eigenvalue weighted by Crippen LogP contribution is -2.01. The molecule has 0 aliphatic rings. The largest absolute Gasteiger partial charge is 0.518 e. The maximum Gasteiger partial charge on any atom is 0.0758 e. The molecular formula is CH5NOSi. The summed E-state index contributed by atoms with van der Waals surface area (Å²) in [6.07, 6.45) is 1.74. The van der Waals surface area contributed by atoms with Gasteiger partial charge in [-0.05, 0) is 0 Å². The second kappa shape index (κ2) is 2.69. The predicted molar refractivity (Wildman–Crippen MR) is 20.0 cm³/mol. The highest BCUT2D eigenvalue weighted by Gasteiger charge is 1.32. The first-order valence-corrected chi connectivity index (χ1v) is 1.97. The molecule has 0 radical (unpaired) electrons. The van der Waals surface area contributed by atoms with Crippen molar-refractivity contribution in [1.29, 1.82) is 0 Å². The maximum atomic E-state index is 7.55. The molecule has 2 N–H and O–H groups in total. The molecule has 0 heterocycles. The third kappa shape index (κ3) is 1.69. The van der Waals surface area contributed by atoms with Crippen molar-refractivity contribution in [2.75, 3.05) is 0 Å². The van der Waals surface area contributed by atoms with E-state index >= 15 is 0 Å². The van der Waals surface area contributed by atoms with Gasteiger partial charge in [0.25, 0.3) is 0 Å². The van der Waals surface area contributed by atoms with Crippen molar-refractivity contribution >= 4 is 16.8 Å². The summed E-state index contributed by atoms with van der Waals surface area (Å²) in [4.78, 5) is 9.92. The van der Waals surface area contributed by atoms with Crippen LogP contribution in [0.25, 0.3) is 0 Å². The van der Waals surface area contributed by atoms with Gasteiger partial charge in [0.05, 0.1) is 16.8 Å². The standard InChI is InChI=1S/CH5NOSi/c3-1-2-4/h2-3H,4H3. The Morgan fingerprint density at radius 2 is 2.25 bits per heavy atom. The van der Waals surface area contributed by atoms with Gasteiger partial charge in [0.15, 0.2) is 0 Å². The summed E-state index contributed by atoms with van der Waals surface area (Å²) in [7, 11) is 0.779. The smallest absolute Gasteiger partial charge is 0.0758 e. The Morgan fingerprint density at radius 3 is 2.25 bits per heavy atom. The molecule has 0 aliphatic heterocycles. The average Bonchev–Trinajstić information content (AvgIpc) is 1.37. The van der Waals surface area contributed by atoms with Crippen molar-refractivity contribution in [3.05, 3.63) is 0 Å². The van der Waals surface area contributed by atoms with Crippen LogP contribution in [0.2, 0.25) is 0 Å². The molecule has 0 aromatic heterocycles. The summed E-state index contributed by atoms with van der Waals surface area (Å²) in [6.45, 7) is 0. The van der Waals surface area contributed by atoms with E-state index in [1.54, 1.807) is 6.41 Å². The van der Waals surface area contributed by atoms with Crippen molar-refractivity contribution in [1.82, 2.24) is 4.98 Å². The minimum Gasteiger partial charge on any atom is -0.518 e. The molecule has 0 fully saturated rings. The highest BCUT2D eigenvalue weighted by atomic mass is 28.2. The topological polar surface area (TPSA) is 33.4 Å². The van der Waals surface area contributed by atoms with Crippen molar-refractivity contribution in [2.24, 2.45) is 0 Å². The number of amides is 1. The molecule has 0 spiro atoms. The van der Waals surface area contributed by atoms with Gasteiger partial charge < -0.3 is 9.78 Å². The van der Waals surface area contributed by atoms with Crippen molar-refractivity contribution in [3.8, 4) is 0 Å². The highest BCUT2D eigenvalue weighted by molar-refractivity contribution is 6.10. The van der Waals surface area contributed by atoms with Gasteiger partial charge in [-0.3, -0.25) is 0 Å². The lowest BCUT2D eigenvalue weighted by Gasteiger charge is -1.76. The molecule has 0 aromatic rings. The Labute approximate surface area is 27.7 Å². The number of hydrogen-bond acceptors (Lipinski definition) is 0. The van der Waals surface area contributed by atoms with Crippen LogP contribution < -0.4 is 4.98 Å². The molecule has 0 atom stereocenters. The van der Waals surface area contributed by atoms with E-state index < -0.39 is 0 Å². The van der Waals surface area contributed by atoms with Gasteiger partial charge in [-0.2, -0.15) is 0 Å². The Kier molecular flexibility index (Phi) is 2.48. The fourth-order valence-electron chi connectivity index (χ4n) is 0. The Hall–Kier alpha value is -0.313. The van der Waals surface area contributed by atoms with Crippen LogP contribution in [0.3, 0.4) is 0 Å². The van der Waals surface area contributed by atoms with Gasteiger partial charge in [0.1, 0.15) is 0 Å². The predicted octanol–water partition coefficient (Wildman–Crippen LogP) is -2.13. The Morgan fingerprint density at radius 1 is 2.00 bits per heavy atom. The van der Waals surface area contributed by atoms with E-state index in [9.17, 15) is 0 Å². The van der Waals surface area contributed by atoms with Crippen LogP contribution in [0.1, 0.15) is 0 Å². The van der Waals surface area contributed by atoms with E-state index in [0.29, 0.717) is 0 Å². The number of rotatable bonds is 1.